The Morgan fingerprint density at radius 3 is 2.50 bits per heavy atom. The summed E-state index contributed by atoms with van der Waals surface area (Å²) < 4.78 is 1.58. The number of aromatic nitrogens is 2. The van der Waals surface area contributed by atoms with Crippen LogP contribution in [-0.2, 0) is 7.05 Å². The van der Waals surface area contributed by atoms with Gasteiger partial charge in [-0.05, 0) is 25.0 Å². The Hall–Kier alpha value is -2.74. The monoisotopic (exact) mass is 385 g/mol. The fourth-order valence-electron chi connectivity index (χ4n) is 3.64. The van der Waals surface area contributed by atoms with E-state index in [1.165, 1.54) is 50.7 Å². The van der Waals surface area contributed by atoms with E-state index in [-0.39, 0.29) is 11.6 Å². The summed E-state index contributed by atoms with van der Waals surface area (Å²) in [6.07, 6.45) is 9.28. The Morgan fingerprint density at radius 1 is 1.18 bits per heavy atom. The van der Waals surface area contributed by atoms with Crippen LogP contribution < -0.4 is 10.6 Å². The van der Waals surface area contributed by atoms with Gasteiger partial charge in [-0.3, -0.25) is 19.6 Å². The standard InChI is InChI=1S/C20H27N5O3/c1-24-14-18(19(23-24)15-8-10-17(11-9-15)25(27)28)20(26)22-13-12-21-16-6-4-2-3-5-7-16/h8-11,14,16,21H,2-7,12-13H2,1H3,(H,22,26). The Bertz CT molecular complexity index is 808. The molecule has 2 aromatic rings. The number of aryl methyl sites for hydroxylation is 1. The summed E-state index contributed by atoms with van der Waals surface area (Å²) in [6, 6.07) is 6.62. The van der Waals surface area contributed by atoms with Gasteiger partial charge < -0.3 is 10.6 Å². The van der Waals surface area contributed by atoms with Crippen LogP contribution in [0.3, 0.4) is 0 Å². The van der Waals surface area contributed by atoms with E-state index in [1.54, 1.807) is 30.1 Å². The zero-order valence-corrected chi connectivity index (χ0v) is 16.2. The van der Waals surface area contributed by atoms with Crippen LogP contribution in [0.2, 0.25) is 0 Å². The number of nitrogens with one attached hydrogen (secondary N) is 2. The van der Waals surface area contributed by atoms with Gasteiger partial charge in [-0.25, -0.2) is 0 Å². The fourth-order valence-corrected chi connectivity index (χ4v) is 3.64. The number of nitrogens with zero attached hydrogens (tertiary/aromatic N) is 3. The molecule has 0 spiro atoms. The highest BCUT2D eigenvalue weighted by molar-refractivity contribution is 5.99. The molecule has 8 nitrogen and oxygen atoms in total. The molecule has 1 fully saturated rings. The third-order valence-corrected chi connectivity index (χ3v) is 5.12. The Labute approximate surface area is 164 Å². The summed E-state index contributed by atoms with van der Waals surface area (Å²) in [5, 5.41) is 21.7. The molecule has 1 aromatic carbocycles. The molecule has 1 aromatic heterocycles. The number of nitro benzene ring substituents is 1. The lowest BCUT2D eigenvalue weighted by Crippen LogP contribution is -2.36. The van der Waals surface area contributed by atoms with Crippen molar-refractivity contribution in [3.8, 4) is 11.3 Å². The molecular weight excluding hydrogens is 358 g/mol. The molecule has 1 heterocycles. The first kappa shape index (κ1) is 20.0. The molecule has 1 aliphatic carbocycles. The van der Waals surface area contributed by atoms with Crippen LogP contribution in [0.5, 0.6) is 0 Å². The first-order valence-corrected chi connectivity index (χ1v) is 9.84. The van der Waals surface area contributed by atoms with Crippen LogP contribution in [-0.4, -0.2) is 39.7 Å². The quantitative estimate of drug-likeness (QED) is 0.330. The largest absolute Gasteiger partial charge is 0.351 e. The molecule has 1 aliphatic rings. The van der Waals surface area contributed by atoms with Gasteiger partial charge in [-0.2, -0.15) is 5.10 Å². The van der Waals surface area contributed by atoms with Crippen molar-refractivity contribution in [1.29, 1.82) is 0 Å². The molecule has 2 N–H and O–H groups in total. The highest BCUT2D eigenvalue weighted by atomic mass is 16.6. The number of rotatable bonds is 7. The smallest absolute Gasteiger partial charge is 0.269 e. The normalized spacial score (nSPS) is 15.2. The Balaban J connectivity index is 1.58. The van der Waals surface area contributed by atoms with E-state index in [9.17, 15) is 14.9 Å². The van der Waals surface area contributed by atoms with Gasteiger partial charge in [-0.1, -0.05) is 25.7 Å². The maximum absolute atomic E-state index is 12.6. The van der Waals surface area contributed by atoms with Gasteiger partial charge in [0.2, 0.25) is 0 Å². The summed E-state index contributed by atoms with van der Waals surface area (Å²) in [4.78, 5) is 23.0. The maximum atomic E-state index is 12.6. The molecule has 0 unspecified atom stereocenters. The van der Waals surface area contributed by atoms with Gasteiger partial charge in [0.15, 0.2) is 0 Å². The van der Waals surface area contributed by atoms with Gasteiger partial charge >= 0.3 is 0 Å². The van der Waals surface area contributed by atoms with Crippen molar-refractivity contribution in [3.05, 3.63) is 46.1 Å². The zero-order valence-electron chi connectivity index (χ0n) is 16.2. The minimum Gasteiger partial charge on any atom is -0.351 e. The van der Waals surface area contributed by atoms with E-state index in [2.05, 4.69) is 15.7 Å². The SMILES string of the molecule is Cn1cc(C(=O)NCCNC2CCCCCC2)c(-c2ccc([N+](=O)[O-])cc2)n1. The number of amides is 1. The van der Waals surface area contributed by atoms with Crippen LogP contribution in [0, 0.1) is 10.1 Å². The van der Waals surface area contributed by atoms with E-state index in [4.69, 9.17) is 0 Å². The highest BCUT2D eigenvalue weighted by Crippen LogP contribution is 2.24. The molecule has 0 atom stereocenters. The minimum atomic E-state index is -0.447. The van der Waals surface area contributed by atoms with E-state index >= 15 is 0 Å². The van der Waals surface area contributed by atoms with Gasteiger partial charge in [0.05, 0.1) is 10.5 Å². The third kappa shape index (κ3) is 5.16. The first-order valence-electron chi connectivity index (χ1n) is 9.84. The highest BCUT2D eigenvalue weighted by Gasteiger charge is 2.18. The molecule has 150 valence electrons. The summed E-state index contributed by atoms with van der Waals surface area (Å²) in [5.74, 6) is -0.191. The predicted molar refractivity (Wildman–Crippen MR) is 107 cm³/mol. The molecule has 0 radical (unpaired) electrons. The number of benzene rings is 1. The first-order chi connectivity index (χ1) is 13.5. The maximum Gasteiger partial charge on any atom is 0.269 e. The number of carbonyl (C=O) groups excluding carboxylic acids is 1. The van der Waals surface area contributed by atoms with E-state index in [1.807, 2.05) is 0 Å². The number of carbonyl (C=O) groups is 1. The molecule has 0 bridgehead atoms. The summed E-state index contributed by atoms with van der Waals surface area (Å²) in [6.45, 7) is 1.29. The van der Waals surface area contributed by atoms with E-state index < -0.39 is 4.92 Å². The van der Waals surface area contributed by atoms with Crippen LogP contribution in [0.1, 0.15) is 48.9 Å². The second-order valence-electron chi connectivity index (χ2n) is 7.27. The van der Waals surface area contributed by atoms with Crippen LogP contribution in [0.25, 0.3) is 11.3 Å². The molecule has 1 amide bonds. The number of non-ortho nitro benzene ring substituents is 1. The average molecular weight is 385 g/mol. The third-order valence-electron chi connectivity index (χ3n) is 5.12. The van der Waals surface area contributed by atoms with Crippen molar-refractivity contribution >= 4 is 11.6 Å². The van der Waals surface area contributed by atoms with Crippen LogP contribution >= 0.6 is 0 Å². The number of hydrogen-bond donors (Lipinski definition) is 2. The Morgan fingerprint density at radius 2 is 1.86 bits per heavy atom. The van der Waals surface area contributed by atoms with E-state index in [0.29, 0.717) is 29.4 Å². The van der Waals surface area contributed by atoms with Gasteiger partial charge in [0.25, 0.3) is 11.6 Å². The second kappa shape index (κ2) is 9.45. The summed E-state index contributed by atoms with van der Waals surface area (Å²) in [5.41, 5.74) is 1.67. The van der Waals surface area contributed by atoms with Crippen molar-refractivity contribution in [1.82, 2.24) is 20.4 Å². The molecule has 3 rings (SSSR count). The van der Waals surface area contributed by atoms with Gasteiger partial charge in [0.1, 0.15) is 5.69 Å². The zero-order chi connectivity index (χ0) is 19.9. The Kier molecular flexibility index (Phi) is 6.76. The minimum absolute atomic E-state index is 0.00951. The van der Waals surface area contributed by atoms with Crippen molar-refractivity contribution in [3.63, 3.8) is 0 Å². The number of nitro groups is 1. The summed E-state index contributed by atoms with van der Waals surface area (Å²) in [7, 11) is 1.75. The van der Waals surface area contributed by atoms with Gasteiger partial charge in [0, 0.05) is 50.1 Å². The van der Waals surface area contributed by atoms with E-state index in [0.717, 1.165) is 6.54 Å². The fraction of sp³-hybridized carbons (Fsp3) is 0.500. The molecule has 0 aliphatic heterocycles. The second-order valence-corrected chi connectivity index (χ2v) is 7.27. The topological polar surface area (TPSA) is 102 Å². The molecule has 28 heavy (non-hydrogen) atoms. The molecular formula is C20H27N5O3. The van der Waals surface area contributed by atoms with Crippen molar-refractivity contribution in [2.75, 3.05) is 13.1 Å². The molecule has 1 saturated carbocycles. The van der Waals surface area contributed by atoms with Crippen molar-refractivity contribution in [2.45, 2.75) is 44.6 Å². The number of hydrogen-bond acceptors (Lipinski definition) is 5. The average Bonchev–Trinajstić information content (AvgIpc) is 2.90. The lowest BCUT2D eigenvalue weighted by molar-refractivity contribution is -0.384. The van der Waals surface area contributed by atoms with Crippen LogP contribution in [0.15, 0.2) is 30.5 Å². The lowest BCUT2D eigenvalue weighted by atomic mass is 10.1. The van der Waals surface area contributed by atoms with Crippen molar-refractivity contribution < 1.29 is 9.72 Å². The van der Waals surface area contributed by atoms with Crippen molar-refractivity contribution in [2.24, 2.45) is 7.05 Å². The van der Waals surface area contributed by atoms with Gasteiger partial charge in [-0.15, -0.1) is 0 Å². The molecule has 0 saturated heterocycles. The lowest BCUT2D eigenvalue weighted by Gasteiger charge is -2.16. The van der Waals surface area contributed by atoms with Crippen LogP contribution in [0.4, 0.5) is 5.69 Å². The summed E-state index contributed by atoms with van der Waals surface area (Å²) >= 11 is 0. The molecule has 8 heteroatoms. The predicted octanol–water partition coefficient (Wildman–Crippen LogP) is 3.04.